The molecule has 1 N–H and O–H groups in total. The van der Waals surface area contributed by atoms with E-state index in [1.807, 2.05) is 19.1 Å². The Bertz CT molecular complexity index is 948. The van der Waals surface area contributed by atoms with Gasteiger partial charge in [-0.25, -0.2) is 4.98 Å². The highest BCUT2D eigenvalue weighted by Gasteiger charge is 2.20. The molecule has 1 aromatic heterocycles. The normalized spacial score (nSPS) is 15.3. The molecule has 0 radical (unpaired) electrons. The second kappa shape index (κ2) is 8.52. The second-order valence-corrected chi connectivity index (χ2v) is 7.78. The molecule has 3 aromatic rings. The summed E-state index contributed by atoms with van der Waals surface area (Å²) in [5.41, 5.74) is 4.83. The molecule has 0 aliphatic carbocycles. The first kappa shape index (κ1) is 19.2. The van der Waals surface area contributed by atoms with Gasteiger partial charge in [0, 0.05) is 49.7 Å². The summed E-state index contributed by atoms with van der Waals surface area (Å²) < 4.78 is 0. The molecule has 1 aliphatic heterocycles. The van der Waals surface area contributed by atoms with Crippen molar-refractivity contribution >= 4 is 17.5 Å². The van der Waals surface area contributed by atoms with Crippen LogP contribution in [0.2, 0.25) is 0 Å². The Morgan fingerprint density at radius 1 is 0.828 bits per heavy atom. The maximum absolute atomic E-state index is 4.82. The minimum atomic E-state index is 0.191. The van der Waals surface area contributed by atoms with Crippen molar-refractivity contribution in [2.24, 2.45) is 0 Å². The van der Waals surface area contributed by atoms with E-state index in [0.29, 0.717) is 0 Å². The van der Waals surface area contributed by atoms with Gasteiger partial charge in [0.2, 0.25) is 5.95 Å². The number of benzene rings is 2. The SMILES string of the molecule is Cc1cccc(N2CCN(c3nc(C)cc(NC(C)c4ccccc4)n3)CC2)c1. The van der Waals surface area contributed by atoms with Gasteiger partial charge in [-0.2, -0.15) is 4.98 Å². The summed E-state index contributed by atoms with van der Waals surface area (Å²) in [5, 5.41) is 3.53. The summed E-state index contributed by atoms with van der Waals surface area (Å²) in [6.45, 7) is 10.1. The molecule has 1 unspecified atom stereocenters. The predicted molar refractivity (Wildman–Crippen MR) is 121 cm³/mol. The Balaban J connectivity index is 1.44. The van der Waals surface area contributed by atoms with Crippen molar-refractivity contribution in [3.63, 3.8) is 0 Å². The molecule has 150 valence electrons. The van der Waals surface area contributed by atoms with E-state index in [4.69, 9.17) is 9.97 Å². The number of aromatic nitrogens is 2. The number of nitrogens with one attached hydrogen (secondary N) is 1. The Morgan fingerprint density at radius 2 is 1.55 bits per heavy atom. The quantitative estimate of drug-likeness (QED) is 0.693. The first-order valence-corrected chi connectivity index (χ1v) is 10.3. The van der Waals surface area contributed by atoms with Gasteiger partial charge < -0.3 is 15.1 Å². The monoisotopic (exact) mass is 387 g/mol. The van der Waals surface area contributed by atoms with Gasteiger partial charge in [0.15, 0.2) is 0 Å². The molecule has 2 aromatic carbocycles. The van der Waals surface area contributed by atoms with E-state index in [0.717, 1.165) is 43.6 Å². The van der Waals surface area contributed by atoms with E-state index in [2.05, 4.69) is 77.5 Å². The van der Waals surface area contributed by atoms with Crippen molar-refractivity contribution in [1.29, 1.82) is 0 Å². The van der Waals surface area contributed by atoms with Crippen molar-refractivity contribution in [2.75, 3.05) is 41.3 Å². The van der Waals surface area contributed by atoms with Crippen LogP contribution in [0.15, 0.2) is 60.7 Å². The van der Waals surface area contributed by atoms with Gasteiger partial charge in [0.1, 0.15) is 5.82 Å². The summed E-state index contributed by atoms with van der Waals surface area (Å²) in [6.07, 6.45) is 0. The summed E-state index contributed by atoms with van der Waals surface area (Å²) in [4.78, 5) is 14.3. The fourth-order valence-corrected chi connectivity index (χ4v) is 3.80. The number of hydrogen-bond donors (Lipinski definition) is 1. The lowest BCUT2D eigenvalue weighted by atomic mass is 10.1. The van der Waals surface area contributed by atoms with Crippen LogP contribution >= 0.6 is 0 Å². The smallest absolute Gasteiger partial charge is 0.227 e. The van der Waals surface area contributed by atoms with Gasteiger partial charge in [0.05, 0.1) is 0 Å². The predicted octanol–water partition coefficient (Wildman–Crippen LogP) is 4.59. The Kier molecular flexibility index (Phi) is 5.65. The standard InChI is InChI=1S/C24H29N5/c1-18-8-7-11-22(16-18)28-12-14-29(15-13-28)24-25-19(2)17-23(27-24)26-20(3)21-9-5-4-6-10-21/h4-11,16-17,20H,12-15H2,1-3H3,(H,25,26,27). The maximum atomic E-state index is 4.82. The van der Waals surface area contributed by atoms with Crippen LogP contribution in [0.25, 0.3) is 0 Å². The van der Waals surface area contributed by atoms with Crippen LogP contribution in [0.4, 0.5) is 17.5 Å². The Morgan fingerprint density at radius 3 is 2.28 bits per heavy atom. The molecule has 5 heteroatoms. The minimum absolute atomic E-state index is 0.191. The highest BCUT2D eigenvalue weighted by Crippen LogP contribution is 2.23. The topological polar surface area (TPSA) is 44.3 Å². The number of piperazine rings is 1. The first-order chi connectivity index (χ1) is 14.1. The molecule has 29 heavy (non-hydrogen) atoms. The molecular formula is C24H29N5. The third-order valence-corrected chi connectivity index (χ3v) is 5.44. The van der Waals surface area contributed by atoms with Crippen LogP contribution in [0.3, 0.4) is 0 Å². The summed E-state index contributed by atoms with van der Waals surface area (Å²) in [6, 6.07) is 21.4. The Labute approximate surface area is 173 Å². The molecule has 4 rings (SSSR count). The summed E-state index contributed by atoms with van der Waals surface area (Å²) in [7, 11) is 0. The number of nitrogens with zero attached hydrogens (tertiary/aromatic N) is 4. The average Bonchev–Trinajstić information content (AvgIpc) is 2.74. The van der Waals surface area contributed by atoms with Gasteiger partial charge >= 0.3 is 0 Å². The maximum Gasteiger partial charge on any atom is 0.227 e. The van der Waals surface area contributed by atoms with Crippen molar-refractivity contribution in [3.05, 3.63) is 77.5 Å². The fourth-order valence-electron chi connectivity index (χ4n) is 3.80. The van der Waals surface area contributed by atoms with E-state index < -0.39 is 0 Å². The average molecular weight is 388 g/mol. The lowest BCUT2D eigenvalue weighted by Gasteiger charge is -2.36. The van der Waals surface area contributed by atoms with Crippen LogP contribution in [0.5, 0.6) is 0 Å². The molecule has 2 heterocycles. The third-order valence-electron chi connectivity index (χ3n) is 5.44. The molecule has 1 fully saturated rings. The molecule has 5 nitrogen and oxygen atoms in total. The van der Waals surface area contributed by atoms with Crippen molar-refractivity contribution in [1.82, 2.24) is 9.97 Å². The van der Waals surface area contributed by atoms with E-state index in [-0.39, 0.29) is 6.04 Å². The zero-order chi connectivity index (χ0) is 20.2. The molecule has 0 spiro atoms. The largest absolute Gasteiger partial charge is 0.368 e. The summed E-state index contributed by atoms with van der Waals surface area (Å²) in [5.74, 6) is 1.70. The van der Waals surface area contributed by atoms with Crippen molar-refractivity contribution in [3.8, 4) is 0 Å². The number of aryl methyl sites for hydroxylation is 2. The third kappa shape index (κ3) is 4.67. The number of hydrogen-bond acceptors (Lipinski definition) is 5. The fraction of sp³-hybridized carbons (Fsp3) is 0.333. The zero-order valence-electron chi connectivity index (χ0n) is 17.5. The first-order valence-electron chi connectivity index (χ1n) is 10.3. The van der Waals surface area contributed by atoms with Gasteiger partial charge in [-0.05, 0) is 44.0 Å². The molecule has 1 saturated heterocycles. The highest BCUT2D eigenvalue weighted by atomic mass is 15.3. The lowest BCUT2D eigenvalue weighted by molar-refractivity contribution is 0.639. The van der Waals surface area contributed by atoms with Gasteiger partial charge in [-0.15, -0.1) is 0 Å². The molecule has 0 amide bonds. The van der Waals surface area contributed by atoms with E-state index in [1.165, 1.54) is 16.8 Å². The number of anilines is 3. The van der Waals surface area contributed by atoms with Gasteiger partial charge in [-0.3, -0.25) is 0 Å². The lowest BCUT2D eigenvalue weighted by Crippen LogP contribution is -2.47. The van der Waals surface area contributed by atoms with E-state index in [1.54, 1.807) is 0 Å². The molecule has 0 bridgehead atoms. The van der Waals surface area contributed by atoms with Crippen molar-refractivity contribution in [2.45, 2.75) is 26.8 Å². The molecule has 0 saturated carbocycles. The van der Waals surface area contributed by atoms with Crippen LogP contribution in [0, 0.1) is 13.8 Å². The summed E-state index contributed by atoms with van der Waals surface area (Å²) >= 11 is 0. The zero-order valence-corrected chi connectivity index (χ0v) is 17.5. The van der Waals surface area contributed by atoms with Crippen LogP contribution in [-0.4, -0.2) is 36.1 Å². The van der Waals surface area contributed by atoms with Gasteiger partial charge in [0.25, 0.3) is 0 Å². The van der Waals surface area contributed by atoms with Crippen LogP contribution in [-0.2, 0) is 0 Å². The molecule has 1 aliphatic rings. The van der Waals surface area contributed by atoms with Crippen LogP contribution in [0.1, 0.15) is 29.8 Å². The molecule has 1 atom stereocenters. The Hall–Kier alpha value is -3.08. The van der Waals surface area contributed by atoms with Gasteiger partial charge in [-0.1, -0.05) is 42.5 Å². The molecular weight excluding hydrogens is 358 g/mol. The number of rotatable bonds is 5. The second-order valence-electron chi connectivity index (χ2n) is 7.78. The van der Waals surface area contributed by atoms with E-state index in [9.17, 15) is 0 Å². The van der Waals surface area contributed by atoms with Crippen molar-refractivity contribution < 1.29 is 0 Å². The van der Waals surface area contributed by atoms with E-state index >= 15 is 0 Å². The van der Waals surface area contributed by atoms with Crippen LogP contribution < -0.4 is 15.1 Å². The highest BCUT2D eigenvalue weighted by molar-refractivity contribution is 5.51. The minimum Gasteiger partial charge on any atom is -0.368 e.